The second kappa shape index (κ2) is 7.51. The van der Waals surface area contributed by atoms with Crippen molar-refractivity contribution in [2.75, 3.05) is 12.0 Å². The van der Waals surface area contributed by atoms with Gasteiger partial charge in [0.1, 0.15) is 0 Å². The Morgan fingerprint density at radius 2 is 1.96 bits per heavy atom. The molecule has 0 unspecified atom stereocenters. The number of ether oxygens (including phenoxy) is 1. The molecule has 0 aromatic heterocycles. The summed E-state index contributed by atoms with van der Waals surface area (Å²) in [6, 6.07) is 13.9. The van der Waals surface area contributed by atoms with E-state index in [-0.39, 0.29) is 5.97 Å². The zero-order valence-electron chi connectivity index (χ0n) is 14.0. The number of aryl methyl sites for hydroxylation is 1. The monoisotopic (exact) mass is 331 g/mol. The third-order valence-electron chi connectivity index (χ3n) is 3.80. The molecule has 0 saturated carbocycles. The highest BCUT2D eigenvalue weighted by Crippen LogP contribution is 2.25. The first kappa shape index (κ1) is 17.4. The van der Waals surface area contributed by atoms with Gasteiger partial charge in [0.2, 0.25) is 0 Å². The molecule has 3 nitrogen and oxygen atoms in total. The molecule has 2 aromatic rings. The fourth-order valence-corrected chi connectivity index (χ4v) is 2.61. The number of carbonyl (C=O) groups is 1. The summed E-state index contributed by atoms with van der Waals surface area (Å²) in [6.45, 7) is 7.01. The van der Waals surface area contributed by atoms with Crippen molar-refractivity contribution in [1.82, 2.24) is 0 Å². The van der Waals surface area contributed by atoms with E-state index in [9.17, 15) is 4.79 Å². The maximum atomic E-state index is 11.7. The summed E-state index contributed by atoms with van der Waals surface area (Å²) < 4.78 is 4.79. The van der Waals surface area contributed by atoms with Crippen LogP contribution in [0, 0.1) is 6.92 Å². The Labute approximate surface area is 142 Å². The first-order valence-corrected chi connectivity index (χ1v) is 8.00. The van der Waals surface area contributed by atoms with E-state index in [1.807, 2.05) is 37.3 Å². The molecule has 4 heteroatoms. The zero-order chi connectivity index (χ0) is 17.0. The molecule has 2 rings (SSSR count). The lowest BCUT2D eigenvalue weighted by molar-refractivity contribution is 0.0600. The van der Waals surface area contributed by atoms with Crippen molar-refractivity contribution >= 4 is 23.3 Å². The van der Waals surface area contributed by atoms with Crippen LogP contribution in [0.4, 0.5) is 5.69 Å². The van der Waals surface area contributed by atoms with Crippen molar-refractivity contribution in [3.63, 3.8) is 0 Å². The summed E-state index contributed by atoms with van der Waals surface area (Å²) in [7, 11) is 1.39. The fraction of sp³-hybridized carbons (Fsp3) is 0.316. The van der Waals surface area contributed by atoms with E-state index in [0.717, 1.165) is 21.8 Å². The minimum Gasteiger partial charge on any atom is -0.465 e. The maximum absolute atomic E-state index is 11.7. The number of rotatable bonds is 5. The second-order valence-corrected chi connectivity index (χ2v) is 6.25. The van der Waals surface area contributed by atoms with Crippen molar-refractivity contribution < 1.29 is 9.53 Å². The molecule has 0 amide bonds. The molecule has 0 aliphatic rings. The number of halogens is 1. The number of nitrogens with zero attached hydrogens (tertiary/aromatic N) is 1. The predicted octanol–water partition coefficient (Wildman–Crippen LogP) is 4.85. The maximum Gasteiger partial charge on any atom is 0.337 e. The van der Waals surface area contributed by atoms with E-state index in [1.54, 1.807) is 6.07 Å². The molecule has 2 aromatic carbocycles. The Bertz CT molecular complexity index is 698. The Morgan fingerprint density at radius 3 is 2.57 bits per heavy atom. The van der Waals surface area contributed by atoms with Crippen LogP contribution in [-0.4, -0.2) is 19.1 Å². The van der Waals surface area contributed by atoms with Gasteiger partial charge in [-0.25, -0.2) is 4.79 Å². The van der Waals surface area contributed by atoms with Gasteiger partial charge in [-0.1, -0.05) is 23.7 Å². The van der Waals surface area contributed by atoms with Crippen LogP contribution in [0.3, 0.4) is 0 Å². The highest BCUT2D eigenvalue weighted by atomic mass is 35.5. The van der Waals surface area contributed by atoms with E-state index in [1.165, 1.54) is 7.11 Å². The van der Waals surface area contributed by atoms with Crippen LogP contribution in [0.5, 0.6) is 0 Å². The minimum absolute atomic E-state index is 0.315. The number of hydrogen-bond acceptors (Lipinski definition) is 3. The summed E-state index contributed by atoms with van der Waals surface area (Å²) >= 11 is 6.13. The molecular formula is C19H22ClNO2. The highest BCUT2D eigenvalue weighted by Gasteiger charge is 2.14. The molecule has 0 aliphatic carbocycles. The van der Waals surface area contributed by atoms with Gasteiger partial charge in [0, 0.05) is 23.3 Å². The van der Waals surface area contributed by atoms with Crippen molar-refractivity contribution in [3.05, 3.63) is 64.2 Å². The van der Waals surface area contributed by atoms with Crippen molar-refractivity contribution in [1.29, 1.82) is 0 Å². The number of carbonyl (C=O) groups excluding carboxylic acids is 1. The zero-order valence-corrected chi connectivity index (χ0v) is 14.7. The van der Waals surface area contributed by atoms with Gasteiger partial charge in [0.15, 0.2) is 0 Å². The molecule has 0 bridgehead atoms. The topological polar surface area (TPSA) is 29.5 Å². The third-order valence-corrected chi connectivity index (χ3v) is 4.22. The lowest BCUT2D eigenvalue weighted by atomic mass is 10.1. The van der Waals surface area contributed by atoms with Crippen molar-refractivity contribution in [2.24, 2.45) is 0 Å². The molecule has 0 radical (unpaired) electrons. The Hall–Kier alpha value is -2.00. The molecule has 0 aliphatic heterocycles. The van der Waals surface area contributed by atoms with Gasteiger partial charge < -0.3 is 9.64 Å². The van der Waals surface area contributed by atoms with E-state index < -0.39 is 0 Å². The van der Waals surface area contributed by atoms with Crippen LogP contribution in [0.25, 0.3) is 0 Å². The first-order chi connectivity index (χ1) is 10.9. The normalized spacial score (nSPS) is 10.7. The summed E-state index contributed by atoms with van der Waals surface area (Å²) in [5, 5.41) is 0.769. The third kappa shape index (κ3) is 4.26. The Morgan fingerprint density at radius 1 is 1.22 bits per heavy atom. The van der Waals surface area contributed by atoms with Crippen LogP contribution >= 0.6 is 11.6 Å². The molecule has 0 fully saturated rings. The quantitative estimate of drug-likeness (QED) is 0.733. The average Bonchev–Trinajstić information content (AvgIpc) is 2.54. The number of benzene rings is 2. The van der Waals surface area contributed by atoms with E-state index in [2.05, 4.69) is 24.8 Å². The van der Waals surface area contributed by atoms with Gasteiger partial charge in [-0.3, -0.25) is 0 Å². The molecule has 0 N–H and O–H groups in total. The van der Waals surface area contributed by atoms with Crippen LogP contribution in [0.2, 0.25) is 5.02 Å². The van der Waals surface area contributed by atoms with E-state index in [0.29, 0.717) is 18.2 Å². The average molecular weight is 332 g/mol. The lowest BCUT2D eigenvalue weighted by Gasteiger charge is -2.29. The smallest absolute Gasteiger partial charge is 0.337 e. The van der Waals surface area contributed by atoms with Crippen molar-refractivity contribution in [2.45, 2.75) is 33.4 Å². The van der Waals surface area contributed by atoms with E-state index >= 15 is 0 Å². The summed E-state index contributed by atoms with van der Waals surface area (Å²) in [5.74, 6) is -0.315. The molecule has 0 heterocycles. The number of hydrogen-bond donors (Lipinski definition) is 0. The van der Waals surface area contributed by atoms with Crippen LogP contribution in [0.1, 0.15) is 35.3 Å². The number of anilines is 1. The molecule has 0 saturated heterocycles. The van der Waals surface area contributed by atoms with Gasteiger partial charge in [0.25, 0.3) is 0 Å². The molecular weight excluding hydrogens is 310 g/mol. The SMILES string of the molecule is COC(=O)c1cccc(CN(c2ccc(Cl)c(C)c2)C(C)C)c1. The molecule has 122 valence electrons. The Kier molecular flexibility index (Phi) is 5.67. The summed E-state index contributed by atoms with van der Waals surface area (Å²) in [5.41, 5.74) is 3.80. The van der Waals surface area contributed by atoms with Gasteiger partial charge in [-0.2, -0.15) is 0 Å². The Balaban J connectivity index is 2.29. The summed E-state index contributed by atoms with van der Waals surface area (Å²) in [6.07, 6.45) is 0. The van der Waals surface area contributed by atoms with E-state index in [4.69, 9.17) is 16.3 Å². The number of methoxy groups -OCH3 is 1. The van der Waals surface area contributed by atoms with Crippen LogP contribution < -0.4 is 4.90 Å². The molecule has 23 heavy (non-hydrogen) atoms. The van der Waals surface area contributed by atoms with Gasteiger partial charge >= 0.3 is 5.97 Å². The van der Waals surface area contributed by atoms with Crippen molar-refractivity contribution in [3.8, 4) is 0 Å². The fourth-order valence-electron chi connectivity index (χ4n) is 2.49. The van der Waals surface area contributed by atoms with Crippen LogP contribution in [0.15, 0.2) is 42.5 Å². The highest BCUT2D eigenvalue weighted by molar-refractivity contribution is 6.31. The van der Waals surface area contributed by atoms with Gasteiger partial charge in [-0.15, -0.1) is 0 Å². The largest absolute Gasteiger partial charge is 0.465 e. The standard InChI is InChI=1S/C19H22ClNO2/c1-13(2)21(17-8-9-18(20)14(3)10-17)12-15-6-5-7-16(11-15)19(22)23-4/h5-11,13H,12H2,1-4H3. The minimum atomic E-state index is -0.315. The van der Waals surface area contributed by atoms with Gasteiger partial charge in [-0.05, 0) is 62.2 Å². The molecule has 0 atom stereocenters. The summed E-state index contributed by atoms with van der Waals surface area (Å²) in [4.78, 5) is 14.0. The van der Waals surface area contributed by atoms with Gasteiger partial charge in [0.05, 0.1) is 12.7 Å². The lowest BCUT2D eigenvalue weighted by Crippen LogP contribution is -2.30. The predicted molar refractivity (Wildman–Crippen MR) is 95.3 cm³/mol. The van der Waals surface area contributed by atoms with Crippen LogP contribution in [-0.2, 0) is 11.3 Å². The molecule has 0 spiro atoms. The first-order valence-electron chi connectivity index (χ1n) is 7.62. The number of esters is 1. The second-order valence-electron chi connectivity index (χ2n) is 5.85.